The van der Waals surface area contributed by atoms with Crippen LogP contribution in [0.25, 0.3) is 0 Å². The van der Waals surface area contributed by atoms with Gasteiger partial charge in [0, 0.05) is 23.5 Å². The van der Waals surface area contributed by atoms with Gasteiger partial charge in [-0.25, -0.2) is 0 Å². The third kappa shape index (κ3) is 3.74. The Morgan fingerprint density at radius 3 is 2.68 bits per heavy atom. The summed E-state index contributed by atoms with van der Waals surface area (Å²) < 4.78 is 5.52. The summed E-state index contributed by atoms with van der Waals surface area (Å²) in [6.07, 6.45) is 2.14. The maximum Gasteiger partial charge on any atom is 0.239 e. The first-order valence-electron chi connectivity index (χ1n) is 7.49. The molecule has 2 N–H and O–H groups in total. The number of halogens is 2. The van der Waals surface area contributed by atoms with Crippen LogP contribution in [0.1, 0.15) is 25.3 Å². The third-order valence-corrected chi connectivity index (χ3v) is 4.76. The molecule has 1 aromatic rings. The molecule has 0 spiro atoms. The molecule has 4 nitrogen and oxygen atoms in total. The van der Waals surface area contributed by atoms with E-state index in [2.05, 4.69) is 22.8 Å². The molecule has 0 bridgehead atoms. The van der Waals surface area contributed by atoms with Crippen LogP contribution in [0, 0.1) is 0 Å². The Hall–Kier alpha value is -0.810. The lowest BCUT2D eigenvalue weighted by atomic mass is 9.96. The fourth-order valence-corrected chi connectivity index (χ4v) is 3.04. The van der Waals surface area contributed by atoms with Crippen LogP contribution in [0.5, 0.6) is 0 Å². The Balaban J connectivity index is 0.00000176. The molecule has 2 fully saturated rings. The summed E-state index contributed by atoms with van der Waals surface area (Å²) in [4.78, 5) is 12.3. The summed E-state index contributed by atoms with van der Waals surface area (Å²) in [7, 11) is 0. The van der Waals surface area contributed by atoms with Crippen molar-refractivity contribution in [3.63, 3.8) is 0 Å². The van der Waals surface area contributed by atoms with Crippen molar-refractivity contribution in [2.45, 2.75) is 37.3 Å². The second kappa shape index (κ2) is 7.18. The number of carbonyl (C=O) groups excluding carboxylic acids is 1. The molecule has 122 valence electrons. The van der Waals surface area contributed by atoms with Gasteiger partial charge in [0.05, 0.1) is 12.7 Å². The highest BCUT2D eigenvalue weighted by molar-refractivity contribution is 6.30. The molecule has 1 aliphatic heterocycles. The molecule has 22 heavy (non-hydrogen) atoms. The Kier molecular flexibility index (Phi) is 5.72. The molecule has 6 heteroatoms. The molecule has 0 radical (unpaired) electrons. The smallest absolute Gasteiger partial charge is 0.239 e. The lowest BCUT2D eigenvalue weighted by Crippen LogP contribution is -2.56. The van der Waals surface area contributed by atoms with Crippen molar-refractivity contribution >= 4 is 29.9 Å². The zero-order valence-corrected chi connectivity index (χ0v) is 14.2. The Bertz CT molecular complexity index is 517. The van der Waals surface area contributed by atoms with Gasteiger partial charge in [0.15, 0.2) is 0 Å². The molecule has 1 aromatic carbocycles. The van der Waals surface area contributed by atoms with Crippen LogP contribution in [-0.4, -0.2) is 37.7 Å². The highest BCUT2D eigenvalue weighted by Crippen LogP contribution is 2.47. The van der Waals surface area contributed by atoms with Crippen molar-refractivity contribution in [1.82, 2.24) is 10.6 Å². The zero-order chi connectivity index (χ0) is 14.9. The molecule has 0 unspecified atom stereocenters. The summed E-state index contributed by atoms with van der Waals surface area (Å²) in [5.74, 6) is 0.0300. The van der Waals surface area contributed by atoms with Crippen molar-refractivity contribution in [1.29, 1.82) is 0 Å². The maximum absolute atomic E-state index is 12.3. The van der Waals surface area contributed by atoms with E-state index in [9.17, 15) is 4.79 Å². The fourth-order valence-electron chi connectivity index (χ4n) is 2.92. The van der Waals surface area contributed by atoms with Crippen LogP contribution < -0.4 is 10.6 Å². The normalized spacial score (nSPS) is 25.9. The van der Waals surface area contributed by atoms with E-state index < -0.39 is 0 Å². The van der Waals surface area contributed by atoms with Crippen molar-refractivity contribution in [2.24, 2.45) is 0 Å². The van der Waals surface area contributed by atoms with E-state index >= 15 is 0 Å². The van der Waals surface area contributed by atoms with E-state index in [1.54, 1.807) is 0 Å². The van der Waals surface area contributed by atoms with Gasteiger partial charge in [-0.1, -0.05) is 23.7 Å². The summed E-state index contributed by atoms with van der Waals surface area (Å²) >= 11 is 5.94. The first-order chi connectivity index (χ1) is 10.1. The van der Waals surface area contributed by atoms with Crippen LogP contribution in [0.15, 0.2) is 24.3 Å². The molecule has 1 heterocycles. The summed E-state index contributed by atoms with van der Waals surface area (Å²) in [6.45, 7) is 4.01. The molecule has 2 aliphatic rings. The number of nitrogens with one attached hydrogen (secondary N) is 2. The number of hydrogen-bond acceptors (Lipinski definition) is 3. The van der Waals surface area contributed by atoms with Gasteiger partial charge in [-0.05, 0) is 37.5 Å². The van der Waals surface area contributed by atoms with Gasteiger partial charge in [0.1, 0.15) is 6.04 Å². The second-order valence-corrected chi connectivity index (χ2v) is 6.45. The molecule has 1 amide bonds. The van der Waals surface area contributed by atoms with Crippen LogP contribution in [0.3, 0.4) is 0 Å². The van der Waals surface area contributed by atoms with Crippen LogP contribution in [-0.2, 0) is 14.9 Å². The Morgan fingerprint density at radius 2 is 2.09 bits per heavy atom. The fraction of sp³-hybridized carbons (Fsp3) is 0.562. The molecular formula is C16H22Cl2N2O2. The van der Waals surface area contributed by atoms with Gasteiger partial charge in [0.2, 0.25) is 5.91 Å². The summed E-state index contributed by atoms with van der Waals surface area (Å²) in [5, 5.41) is 7.05. The van der Waals surface area contributed by atoms with Gasteiger partial charge in [-0.15, -0.1) is 12.4 Å². The van der Waals surface area contributed by atoms with Crippen LogP contribution in [0.2, 0.25) is 5.02 Å². The zero-order valence-electron chi connectivity index (χ0n) is 12.6. The van der Waals surface area contributed by atoms with E-state index in [-0.39, 0.29) is 35.9 Å². The van der Waals surface area contributed by atoms with Crippen LogP contribution >= 0.6 is 24.0 Å². The standard InChI is InChI=1S/C16H21ClN2O2.ClH/c1-11-14(18-8-9-21-11)15(20)19-10-16(6-7-16)12-2-4-13(17)5-3-12;/h2-5,11,14,18H,6-10H2,1H3,(H,19,20);1H/t11-,14+;/m1./s1. The van der Waals surface area contributed by atoms with E-state index in [0.717, 1.165) is 24.4 Å². The van der Waals surface area contributed by atoms with Crippen molar-refractivity contribution in [2.75, 3.05) is 19.7 Å². The number of morpholine rings is 1. The molecule has 2 atom stereocenters. The average molecular weight is 345 g/mol. The van der Waals surface area contributed by atoms with Gasteiger partial charge in [-0.3, -0.25) is 4.79 Å². The minimum atomic E-state index is -0.250. The summed E-state index contributed by atoms with van der Waals surface area (Å²) in [5.41, 5.74) is 1.35. The van der Waals surface area contributed by atoms with Gasteiger partial charge >= 0.3 is 0 Å². The number of carbonyl (C=O) groups is 1. The van der Waals surface area contributed by atoms with Gasteiger partial charge in [0.25, 0.3) is 0 Å². The molecule has 1 aliphatic carbocycles. The SMILES string of the molecule is C[C@H]1OCCN[C@@H]1C(=O)NCC1(c2ccc(Cl)cc2)CC1.Cl. The lowest BCUT2D eigenvalue weighted by molar-refractivity contribution is -0.129. The first-order valence-corrected chi connectivity index (χ1v) is 7.87. The van der Waals surface area contributed by atoms with E-state index in [1.165, 1.54) is 5.56 Å². The molecule has 1 saturated carbocycles. The topological polar surface area (TPSA) is 50.4 Å². The summed E-state index contributed by atoms with van der Waals surface area (Å²) in [6, 6.07) is 7.70. The Labute approximate surface area is 142 Å². The molecule has 0 aromatic heterocycles. The number of amides is 1. The molecular weight excluding hydrogens is 323 g/mol. The van der Waals surface area contributed by atoms with Gasteiger partial charge in [-0.2, -0.15) is 0 Å². The van der Waals surface area contributed by atoms with Crippen molar-refractivity contribution in [3.05, 3.63) is 34.9 Å². The van der Waals surface area contributed by atoms with E-state index in [4.69, 9.17) is 16.3 Å². The number of benzene rings is 1. The molecule has 3 rings (SSSR count). The second-order valence-electron chi connectivity index (χ2n) is 6.01. The largest absolute Gasteiger partial charge is 0.375 e. The quantitative estimate of drug-likeness (QED) is 0.880. The minimum absolute atomic E-state index is 0. The highest BCUT2D eigenvalue weighted by atomic mass is 35.5. The number of ether oxygens (including phenoxy) is 1. The number of hydrogen-bond donors (Lipinski definition) is 2. The third-order valence-electron chi connectivity index (χ3n) is 4.51. The predicted octanol–water partition coefficient (Wildman–Crippen LogP) is 2.29. The van der Waals surface area contributed by atoms with Crippen molar-refractivity contribution < 1.29 is 9.53 Å². The van der Waals surface area contributed by atoms with Crippen LogP contribution in [0.4, 0.5) is 0 Å². The molecule has 1 saturated heterocycles. The van der Waals surface area contributed by atoms with Crippen molar-refractivity contribution in [3.8, 4) is 0 Å². The predicted molar refractivity (Wildman–Crippen MR) is 89.8 cm³/mol. The Morgan fingerprint density at radius 1 is 1.41 bits per heavy atom. The maximum atomic E-state index is 12.3. The highest BCUT2D eigenvalue weighted by Gasteiger charge is 2.44. The van der Waals surface area contributed by atoms with Gasteiger partial charge < -0.3 is 15.4 Å². The first kappa shape index (κ1) is 17.5. The average Bonchev–Trinajstić information content (AvgIpc) is 3.27. The number of rotatable bonds is 4. The van der Waals surface area contributed by atoms with E-state index in [1.807, 2.05) is 19.1 Å². The minimum Gasteiger partial charge on any atom is -0.375 e. The van der Waals surface area contributed by atoms with E-state index in [0.29, 0.717) is 13.2 Å². The lowest BCUT2D eigenvalue weighted by Gasteiger charge is -2.30. The monoisotopic (exact) mass is 344 g/mol.